The summed E-state index contributed by atoms with van der Waals surface area (Å²) in [6.45, 7) is 2.08. The van der Waals surface area contributed by atoms with E-state index >= 15 is 0 Å². The van der Waals surface area contributed by atoms with Crippen molar-refractivity contribution in [3.63, 3.8) is 0 Å². The van der Waals surface area contributed by atoms with Gasteiger partial charge in [0, 0.05) is 15.7 Å². The molecular formula is C15H20Cl2N2O2. The molecule has 4 nitrogen and oxygen atoms in total. The molecule has 2 amide bonds. The van der Waals surface area contributed by atoms with E-state index < -0.39 is 5.54 Å². The standard InChI is InChI=1S/C15H20Cl2N2O2/c1-10-3-2-4-15(8-10,9-20)19-14(21)18-13-6-11(16)5-12(17)7-13/h5-7,10,20H,2-4,8-9H2,1H3,(H2,18,19,21). The van der Waals surface area contributed by atoms with Gasteiger partial charge < -0.3 is 15.7 Å². The van der Waals surface area contributed by atoms with Crippen molar-refractivity contribution in [3.8, 4) is 0 Å². The summed E-state index contributed by atoms with van der Waals surface area (Å²) in [5.41, 5.74) is -0.00800. The van der Waals surface area contributed by atoms with E-state index in [1.165, 1.54) is 0 Å². The van der Waals surface area contributed by atoms with Crippen LogP contribution in [-0.4, -0.2) is 23.3 Å². The molecule has 0 spiro atoms. The Balaban J connectivity index is 2.02. The van der Waals surface area contributed by atoms with Crippen LogP contribution < -0.4 is 10.6 Å². The van der Waals surface area contributed by atoms with Gasteiger partial charge in [0.25, 0.3) is 0 Å². The number of carbonyl (C=O) groups is 1. The Morgan fingerprint density at radius 1 is 1.38 bits per heavy atom. The van der Waals surface area contributed by atoms with E-state index in [2.05, 4.69) is 17.6 Å². The van der Waals surface area contributed by atoms with Gasteiger partial charge in [0.15, 0.2) is 0 Å². The number of hydrogen-bond acceptors (Lipinski definition) is 2. The monoisotopic (exact) mass is 330 g/mol. The van der Waals surface area contributed by atoms with Crippen molar-refractivity contribution < 1.29 is 9.90 Å². The SMILES string of the molecule is CC1CCCC(CO)(NC(=O)Nc2cc(Cl)cc(Cl)c2)C1. The number of nitrogens with one attached hydrogen (secondary N) is 2. The van der Waals surface area contributed by atoms with Gasteiger partial charge in [-0.15, -0.1) is 0 Å². The van der Waals surface area contributed by atoms with Crippen molar-refractivity contribution >= 4 is 34.9 Å². The largest absolute Gasteiger partial charge is 0.394 e. The first kappa shape index (κ1) is 16.4. The van der Waals surface area contributed by atoms with Gasteiger partial charge in [-0.05, 0) is 37.0 Å². The first-order chi connectivity index (χ1) is 9.92. The van der Waals surface area contributed by atoms with Crippen molar-refractivity contribution in [1.82, 2.24) is 5.32 Å². The third-order valence-electron chi connectivity index (χ3n) is 3.89. The number of rotatable bonds is 3. The lowest BCUT2D eigenvalue weighted by molar-refractivity contribution is 0.108. The van der Waals surface area contributed by atoms with Gasteiger partial charge in [0.05, 0.1) is 12.1 Å². The molecule has 6 heteroatoms. The fourth-order valence-corrected chi connectivity index (χ4v) is 3.51. The minimum atomic E-state index is -0.538. The molecule has 0 saturated heterocycles. The maximum Gasteiger partial charge on any atom is 0.319 e. The molecule has 0 heterocycles. The fraction of sp³-hybridized carbons (Fsp3) is 0.533. The van der Waals surface area contributed by atoms with Crippen LogP contribution in [0.1, 0.15) is 32.6 Å². The highest BCUT2D eigenvalue weighted by Crippen LogP contribution is 2.32. The van der Waals surface area contributed by atoms with Gasteiger partial charge in [0.1, 0.15) is 0 Å². The highest BCUT2D eigenvalue weighted by atomic mass is 35.5. The quantitative estimate of drug-likeness (QED) is 0.782. The predicted octanol–water partition coefficient (Wildman–Crippen LogP) is 4.06. The smallest absolute Gasteiger partial charge is 0.319 e. The Morgan fingerprint density at radius 3 is 2.62 bits per heavy atom. The van der Waals surface area contributed by atoms with E-state index in [1.807, 2.05) is 0 Å². The van der Waals surface area contributed by atoms with Gasteiger partial charge in [0.2, 0.25) is 0 Å². The van der Waals surface area contributed by atoms with Crippen LogP contribution in [0.3, 0.4) is 0 Å². The Kier molecular flexibility index (Phi) is 5.36. The van der Waals surface area contributed by atoms with E-state index in [4.69, 9.17) is 23.2 Å². The number of aliphatic hydroxyl groups is 1. The topological polar surface area (TPSA) is 61.4 Å². The number of benzene rings is 1. The number of carbonyl (C=O) groups excluding carboxylic acids is 1. The Hall–Kier alpha value is -0.970. The second-order valence-corrected chi connectivity index (χ2v) is 6.75. The normalized spacial score (nSPS) is 25.4. The molecule has 2 unspecified atom stereocenters. The molecule has 2 atom stereocenters. The van der Waals surface area contributed by atoms with Crippen LogP contribution >= 0.6 is 23.2 Å². The average molecular weight is 331 g/mol. The first-order valence-corrected chi connectivity index (χ1v) is 7.84. The zero-order chi connectivity index (χ0) is 15.5. The van der Waals surface area contributed by atoms with E-state index in [0.29, 0.717) is 21.7 Å². The lowest BCUT2D eigenvalue weighted by Crippen LogP contribution is -2.55. The molecule has 1 saturated carbocycles. The molecule has 1 aromatic carbocycles. The van der Waals surface area contributed by atoms with Crippen LogP contribution in [0.2, 0.25) is 10.0 Å². The van der Waals surface area contributed by atoms with Gasteiger partial charge in [-0.1, -0.05) is 43.0 Å². The molecule has 116 valence electrons. The summed E-state index contributed by atoms with van der Waals surface area (Å²) in [5, 5.41) is 16.2. The summed E-state index contributed by atoms with van der Waals surface area (Å²) in [7, 11) is 0. The van der Waals surface area contributed by atoms with Crippen LogP contribution in [0.4, 0.5) is 10.5 Å². The fourth-order valence-electron chi connectivity index (χ4n) is 2.99. The zero-order valence-electron chi connectivity index (χ0n) is 12.0. The number of hydrogen-bond donors (Lipinski definition) is 3. The number of aliphatic hydroxyl groups excluding tert-OH is 1. The van der Waals surface area contributed by atoms with Gasteiger partial charge in [-0.25, -0.2) is 4.79 Å². The third kappa shape index (κ3) is 4.50. The van der Waals surface area contributed by atoms with Crippen LogP contribution in [-0.2, 0) is 0 Å². The minimum Gasteiger partial charge on any atom is -0.394 e. The molecule has 21 heavy (non-hydrogen) atoms. The summed E-state index contributed by atoms with van der Waals surface area (Å²) in [6.07, 6.45) is 3.71. The van der Waals surface area contributed by atoms with Crippen molar-refractivity contribution in [2.45, 2.75) is 38.1 Å². The molecule has 1 fully saturated rings. The molecule has 2 rings (SSSR count). The van der Waals surface area contributed by atoms with E-state index in [0.717, 1.165) is 25.7 Å². The van der Waals surface area contributed by atoms with Gasteiger partial charge in [-0.2, -0.15) is 0 Å². The molecule has 1 aliphatic rings. The van der Waals surface area contributed by atoms with Crippen molar-refractivity contribution in [2.24, 2.45) is 5.92 Å². The Bertz CT molecular complexity index is 504. The maximum absolute atomic E-state index is 12.2. The molecule has 0 aromatic heterocycles. The van der Waals surface area contributed by atoms with E-state index in [9.17, 15) is 9.90 Å². The second-order valence-electron chi connectivity index (χ2n) is 5.88. The molecular weight excluding hydrogens is 311 g/mol. The summed E-state index contributed by atoms with van der Waals surface area (Å²) in [6, 6.07) is 4.51. The molecule has 1 aromatic rings. The highest BCUT2D eigenvalue weighted by Gasteiger charge is 2.35. The molecule has 0 bridgehead atoms. The molecule has 0 radical (unpaired) electrons. The number of halogens is 2. The number of amides is 2. The van der Waals surface area contributed by atoms with Crippen LogP contribution in [0, 0.1) is 5.92 Å². The van der Waals surface area contributed by atoms with Crippen molar-refractivity contribution in [3.05, 3.63) is 28.2 Å². The minimum absolute atomic E-state index is 0.0545. The average Bonchev–Trinajstić information content (AvgIpc) is 2.37. The van der Waals surface area contributed by atoms with Crippen molar-refractivity contribution in [2.75, 3.05) is 11.9 Å². The van der Waals surface area contributed by atoms with E-state index in [1.54, 1.807) is 18.2 Å². The molecule has 1 aliphatic carbocycles. The Morgan fingerprint density at radius 2 is 2.05 bits per heavy atom. The zero-order valence-corrected chi connectivity index (χ0v) is 13.5. The van der Waals surface area contributed by atoms with Crippen LogP contribution in [0.15, 0.2) is 18.2 Å². The molecule has 0 aliphatic heterocycles. The molecule has 3 N–H and O–H groups in total. The van der Waals surface area contributed by atoms with Gasteiger partial charge >= 0.3 is 6.03 Å². The third-order valence-corrected chi connectivity index (χ3v) is 4.33. The summed E-state index contributed by atoms with van der Waals surface area (Å²) < 4.78 is 0. The highest BCUT2D eigenvalue weighted by molar-refractivity contribution is 6.35. The van der Waals surface area contributed by atoms with Crippen LogP contribution in [0.5, 0.6) is 0 Å². The van der Waals surface area contributed by atoms with Gasteiger partial charge in [-0.3, -0.25) is 0 Å². The Labute approximate surface area is 134 Å². The van der Waals surface area contributed by atoms with E-state index in [-0.39, 0.29) is 12.6 Å². The predicted molar refractivity (Wildman–Crippen MR) is 86.1 cm³/mol. The first-order valence-electron chi connectivity index (χ1n) is 7.08. The maximum atomic E-state index is 12.2. The lowest BCUT2D eigenvalue weighted by atomic mass is 9.77. The summed E-state index contributed by atoms with van der Waals surface area (Å²) in [4.78, 5) is 12.2. The number of urea groups is 1. The second kappa shape index (κ2) is 6.86. The summed E-state index contributed by atoms with van der Waals surface area (Å²) >= 11 is 11.8. The van der Waals surface area contributed by atoms with Crippen LogP contribution in [0.25, 0.3) is 0 Å². The summed E-state index contributed by atoms with van der Waals surface area (Å²) in [5.74, 6) is 0.492. The number of anilines is 1. The lowest BCUT2D eigenvalue weighted by Gasteiger charge is -2.39. The van der Waals surface area contributed by atoms with Crippen molar-refractivity contribution in [1.29, 1.82) is 0 Å².